The van der Waals surface area contributed by atoms with E-state index in [1.54, 1.807) is 0 Å². The summed E-state index contributed by atoms with van der Waals surface area (Å²) in [4.78, 5) is 2.49. The molecule has 80 valence electrons. The number of hydrogen-bond donors (Lipinski definition) is 0. The Labute approximate surface area is 84.5 Å². The van der Waals surface area contributed by atoms with E-state index in [0.29, 0.717) is 0 Å². The summed E-state index contributed by atoms with van der Waals surface area (Å²) >= 11 is 0. The molecule has 1 nitrogen and oxygen atoms in total. The van der Waals surface area contributed by atoms with Gasteiger partial charge in [-0.2, -0.15) is 0 Å². The molecule has 1 rings (SSSR count). The molecule has 0 radical (unpaired) electrons. The lowest BCUT2D eigenvalue weighted by Crippen LogP contribution is -2.25. The molecule has 1 aliphatic heterocycles. The minimum Gasteiger partial charge on any atom is -0.303 e. The van der Waals surface area contributed by atoms with Crippen molar-refractivity contribution in [3.63, 3.8) is 0 Å². The smallest absolute Gasteiger partial charge is 0.00952 e. The fraction of sp³-hybridized carbons (Fsp3) is 1.00. The van der Waals surface area contributed by atoms with Crippen LogP contribution in [0.5, 0.6) is 0 Å². The maximum Gasteiger partial charge on any atom is 0.00952 e. The highest BCUT2D eigenvalue weighted by Crippen LogP contribution is 2.31. The van der Waals surface area contributed by atoms with Crippen molar-refractivity contribution >= 4 is 0 Å². The minimum absolute atomic E-state index is 0.810. The van der Waals surface area contributed by atoms with E-state index in [2.05, 4.69) is 32.7 Å². The van der Waals surface area contributed by atoms with Gasteiger partial charge in [-0.25, -0.2) is 0 Å². The van der Waals surface area contributed by atoms with Crippen LogP contribution < -0.4 is 0 Å². The van der Waals surface area contributed by atoms with Crippen LogP contribution >= 0.6 is 0 Å². The fourth-order valence-corrected chi connectivity index (χ4v) is 2.42. The second kappa shape index (κ2) is 6.42. The third-order valence-corrected chi connectivity index (χ3v) is 3.24. The van der Waals surface area contributed by atoms with Gasteiger partial charge in [0.25, 0.3) is 0 Å². The maximum absolute atomic E-state index is 2.49. The topological polar surface area (TPSA) is 3.24 Å². The van der Waals surface area contributed by atoms with E-state index in [9.17, 15) is 0 Å². The molecule has 13 heavy (non-hydrogen) atoms. The molecule has 1 heterocycles. The van der Waals surface area contributed by atoms with Crippen molar-refractivity contribution in [2.75, 3.05) is 13.6 Å². The van der Waals surface area contributed by atoms with Gasteiger partial charge >= 0.3 is 0 Å². The summed E-state index contributed by atoms with van der Waals surface area (Å²) in [5.74, 6) is 1.86. The monoisotopic (exact) mass is 185 g/mol. The molecule has 0 aromatic carbocycles. The molecule has 0 saturated carbocycles. The van der Waals surface area contributed by atoms with E-state index in [1.165, 1.54) is 19.4 Å². The molecule has 0 amide bonds. The molecular formula is C12H27N. The molecule has 1 heteroatoms. The van der Waals surface area contributed by atoms with E-state index >= 15 is 0 Å². The summed E-state index contributed by atoms with van der Waals surface area (Å²) in [5, 5.41) is 0. The van der Waals surface area contributed by atoms with E-state index in [1.807, 2.05) is 13.8 Å². The quantitative estimate of drug-likeness (QED) is 0.637. The SMILES string of the molecule is CC.CCCC1C(C)CN(C)C1C. The summed E-state index contributed by atoms with van der Waals surface area (Å²) in [6.45, 7) is 12.3. The lowest BCUT2D eigenvalue weighted by Gasteiger charge is -2.20. The molecule has 0 N–H and O–H groups in total. The Hall–Kier alpha value is -0.0400. The molecule has 1 aliphatic rings. The highest BCUT2D eigenvalue weighted by atomic mass is 15.2. The zero-order valence-corrected chi connectivity index (χ0v) is 10.3. The van der Waals surface area contributed by atoms with Crippen LogP contribution in [-0.2, 0) is 0 Å². The largest absolute Gasteiger partial charge is 0.303 e. The lowest BCUT2D eigenvalue weighted by molar-refractivity contribution is 0.280. The molecule has 0 aliphatic carbocycles. The van der Waals surface area contributed by atoms with Gasteiger partial charge < -0.3 is 4.90 Å². The Bertz CT molecular complexity index is 122. The standard InChI is InChI=1S/C10H21N.C2H6/c1-5-6-10-8(2)7-11(4)9(10)3;1-2/h8-10H,5-7H2,1-4H3;1-2H3. The molecule has 3 atom stereocenters. The van der Waals surface area contributed by atoms with E-state index in [-0.39, 0.29) is 0 Å². The minimum atomic E-state index is 0.810. The first-order valence-corrected chi connectivity index (χ1v) is 5.87. The molecule has 1 saturated heterocycles. The number of likely N-dealkylation sites (tertiary alicyclic amines) is 1. The van der Waals surface area contributed by atoms with Crippen LogP contribution in [0.1, 0.15) is 47.5 Å². The summed E-state index contributed by atoms with van der Waals surface area (Å²) in [6.07, 6.45) is 2.75. The molecule has 3 unspecified atom stereocenters. The van der Waals surface area contributed by atoms with Crippen molar-refractivity contribution in [2.24, 2.45) is 11.8 Å². The molecule has 0 spiro atoms. The van der Waals surface area contributed by atoms with Crippen LogP contribution in [0.4, 0.5) is 0 Å². The Morgan fingerprint density at radius 3 is 2.08 bits per heavy atom. The Balaban J connectivity index is 0.000000671. The molecular weight excluding hydrogens is 158 g/mol. The zero-order chi connectivity index (χ0) is 10.4. The van der Waals surface area contributed by atoms with Gasteiger partial charge in [-0.05, 0) is 32.2 Å². The molecule has 0 bridgehead atoms. The van der Waals surface area contributed by atoms with Crippen molar-refractivity contribution in [2.45, 2.75) is 53.5 Å². The van der Waals surface area contributed by atoms with Crippen LogP contribution in [0.2, 0.25) is 0 Å². The van der Waals surface area contributed by atoms with Crippen molar-refractivity contribution in [3.8, 4) is 0 Å². The Morgan fingerprint density at radius 1 is 1.23 bits per heavy atom. The van der Waals surface area contributed by atoms with Gasteiger partial charge in [0.1, 0.15) is 0 Å². The first-order valence-electron chi connectivity index (χ1n) is 5.87. The van der Waals surface area contributed by atoms with E-state index in [4.69, 9.17) is 0 Å². The highest BCUT2D eigenvalue weighted by molar-refractivity contribution is 4.86. The van der Waals surface area contributed by atoms with Crippen LogP contribution in [0, 0.1) is 11.8 Å². The second-order valence-corrected chi connectivity index (χ2v) is 4.11. The van der Waals surface area contributed by atoms with Crippen LogP contribution in [0.3, 0.4) is 0 Å². The van der Waals surface area contributed by atoms with Gasteiger partial charge in [-0.3, -0.25) is 0 Å². The van der Waals surface area contributed by atoms with Gasteiger partial charge in [0.2, 0.25) is 0 Å². The fourth-order valence-electron chi connectivity index (χ4n) is 2.42. The third-order valence-electron chi connectivity index (χ3n) is 3.24. The van der Waals surface area contributed by atoms with Crippen LogP contribution in [0.25, 0.3) is 0 Å². The Kier molecular flexibility index (Phi) is 6.40. The average molecular weight is 185 g/mol. The van der Waals surface area contributed by atoms with Crippen molar-refractivity contribution in [1.82, 2.24) is 4.90 Å². The van der Waals surface area contributed by atoms with Crippen molar-refractivity contribution < 1.29 is 0 Å². The van der Waals surface area contributed by atoms with E-state index in [0.717, 1.165) is 17.9 Å². The predicted molar refractivity (Wildman–Crippen MR) is 61.0 cm³/mol. The summed E-state index contributed by atoms with van der Waals surface area (Å²) in [7, 11) is 2.25. The first-order chi connectivity index (χ1) is 6.16. The first kappa shape index (κ1) is 13.0. The molecule has 0 aromatic rings. The normalized spacial score (nSPS) is 34.2. The Morgan fingerprint density at radius 2 is 1.77 bits per heavy atom. The molecule has 0 aromatic heterocycles. The summed E-state index contributed by atoms with van der Waals surface area (Å²) in [6, 6.07) is 0.810. The third kappa shape index (κ3) is 3.30. The van der Waals surface area contributed by atoms with Crippen LogP contribution in [-0.4, -0.2) is 24.5 Å². The van der Waals surface area contributed by atoms with Crippen LogP contribution in [0.15, 0.2) is 0 Å². The van der Waals surface area contributed by atoms with Gasteiger partial charge in [0.15, 0.2) is 0 Å². The summed E-state index contributed by atoms with van der Waals surface area (Å²) < 4.78 is 0. The van der Waals surface area contributed by atoms with Gasteiger partial charge in [0.05, 0.1) is 0 Å². The number of rotatable bonds is 2. The van der Waals surface area contributed by atoms with Crippen molar-refractivity contribution in [1.29, 1.82) is 0 Å². The maximum atomic E-state index is 2.49. The van der Waals surface area contributed by atoms with Gasteiger partial charge in [-0.1, -0.05) is 34.1 Å². The predicted octanol–water partition coefficient (Wildman–Crippen LogP) is 3.40. The summed E-state index contributed by atoms with van der Waals surface area (Å²) in [5.41, 5.74) is 0. The number of nitrogens with zero attached hydrogens (tertiary/aromatic N) is 1. The van der Waals surface area contributed by atoms with Gasteiger partial charge in [0, 0.05) is 12.6 Å². The highest BCUT2D eigenvalue weighted by Gasteiger charge is 2.32. The molecule has 1 fully saturated rings. The lowest BCUT2D eigenvalue weighted by atomic mass is 9.89. The zero-order valence-electron chi connectivity index (χ0n) is 10.3. The van der Waals surface area contributed by atoms with E-state index < -0.39 is 0 Å². The number of hydrogen-bond acceptors (Lipinski definition) is 1. The second-order valence-electron chi connectivity index (χ2n) is 4.11. The van der Waals surface area contributed by atoms with Crippen molar-refractivity contribution in [3.05, 3.63) is 0 Å². The average Bonchev–Trinajstić information content (AvgIpc) is 2.36. The van der Waals surface area contributed by atoms with Gasteiger partial charge in [-0.15, -0.1) is 0 Å².